The maximum atomic E-state index is 5.29. The molecule has 0 unspecified atom stereocenters. The highest BCUT2D eigenvalue weighted by atomic mass is 14.8. The van der Waals surface area contributed by atoms with Crippen molar-refractivity contribution in [2.45, 2.75) is 27.2 Å². The van der Waals surface area contributed by atoms with E-state index in [0.717, 1.165) is 73.0 Å². The summed E-state index contributed by atoms with van der Waals surface area (Å²) in [6.07, 6.45) is 4.94. The van der Waals surface area contributed by atoms with Gasteiger partial charge in [0.15, 0.2) is 0 Å². The summed E-state index contributed by atoms with van der Waals surface area (Å²) in [6, 6.07) is 69.6. The Morgan fingerprint density at radius 1 is 0.453 bits per heavy atom. The Balaban J connectivity index is 0.911. The predicted octanol–water partition coefficient (Wildman–Crippen LogP) is 16.8. The Hall–Kier alpha value is -8.01. The van der Waals surface area contributed by atoms with E-state index in [1.807, 2.05) is 6.20 Å². The van der Waals surface area contributed by atoms with Crippen molar-refractivity contribution in [2.24, 2.45) is 4.99 Å². The molecule has 1 aromatic heterocycles. The van der Waals surface area contributed by atoms with E-state index in [1.54, 1.807) is 0 Å². The number of hydrogen-bond acceptors (Lipinski definition) is 3. The molecule has 0 aliphatic heterocycles. The Bertz CT molecular complexity index is 3650. The van der Waals surface area contributed by atoms with Gasteiger partial charge in [0.2, 0.25) is 0 Å². The maximum absolute atomic E-state index is 5.29. The number of nitrogens with zero attached hydrogens (tertiary/aromatic N) is 3. The molecule has 0 amide bonds. The number of rotatable bonds is 8. The van der Waals surface area contributed by atoms with Gasteiger partial charge in [0.25, 0.3) is 0 Å². The van der Waals surface area contributed by atoms with Gasteiger partial charge in [-0.25, -0.2) is 4.98 Å². The zero-order valence-corrected chi connectivity index (χ0v) is 36.2. The number of aryl methyl sites for hydroxylation is 1. The van der Waals surface area contributed by atoms with E-state index < -0.39 is 0 Å². The summed E-state index contributed by atoms with van der Waals surface area (Å²) < 4.78 is 0. The van der Waals surface area contributed by atoms with Crippen molar-refractivity contribution < 1.29 is 0 Å². The lowest BCUT2D eigenvalue weighted by Gasteiger charge is -2.14. The van der Waals surface area contributed by atoms with E-state index in [9.17, 15) is 0 Å². The van der Waals surface area contributed by atoms with Gasteiger partial charge in [-0.3, -0.25) is 9.98 Å². The van der Waals surface area contributed by atoms with Crippen LogP contribution in [-0.4, -0.2) is 16.2 Å². The summed E-state index contributed by atoms with van der Waals surface area (Å²) in [6.45, 7) is 6.64. The van der Waals surface area contributed by atoms with Crippen molar-refractivity contribution in [3.8, 4) is 44.6 Å². The normalized spacial score (nSPS) is 12.2. The van der Waals surface area contributed by atoms with Crippen LogP contribution >= 0.6 is 0 Å². The Labute approximate surface area is 373 Å². The lowest BCUT2D eigenvalue weighted by atomic mass is 9.93. The molecule has 3 heteroatoms. The van der Waals surface area contributed by atoms with E-state index in [4.69, 9.17) is 15.0 Å². The van der Waals surface area contributed by atoms with Crippen LogP contribution in [-0.2, 0) is 0 Å². The SMILES string of the molecule is CC/C(C)=C(/C=Nc1c(C)c2ccccc2c2ccccc12)c1cccc(-c2cccc(-c3cccc(-c4cccc(-c5cnc6c7ccccc7c7ccccc7c6n5)c4)c3)c2)c1. The molecule has 0 radical (unpaired) electrons. The highest BCUT2D eigenvalue weighted by molar-refractivity contribution is 6.23. The van der Waals surface area contributed by atoms with Crippen LogP contribution in [0.15, 0.2) is 211 Å². The van der Waals surface area contributed by atoms with Gasteiger partial charge in [0.05, 0.1) is 28.6 Å². The second-order valence-corrected chi connectivity index (χ2v) is 16.7. The van der Waals surface area contributed by atoms with Gasteiger partial charge >= 0.3 is 0 Å². The largest absolute Gasteiger partial charge is 0.255 e. The Morgan fingerprint density at radius 3 is 1.44 bits per heavy atom. The van der Waals surface area contributed by atoms with Crippen LogP contribution in [0.3, 0.4) is 0 Å². The molecular formula is C61H45N3. The van der Waals surface area contributed by atoms with E-state index in [0.29, 0.717) is 0 Å². The molecule has 0 aliphatic rings. The molecule has 11 aromatic rings. The topological polar surface area (TPSA) is 38.1 Å². The van der Waals surface area contributed by atoms with Crippen molar-refractivity contribution in [3.05, 3.63) is 217 Å². The zero-order chi connectivity index (χ0) is 43.1. The fourth-order valence-electron chi connectivity index (χ4n) is 9.46. The fraction of sp³-hybridized carbons (Fsp3) is 0.0656. The van der Waals surface area contributed by atoms with Crippen LogP contribution in [0.2, 0.25) is 0 Å². The third kappa shape index (κ3) is 6.92. The number of benzene rings is 10. The molecule has 0 saturated heterocycles. The number of fused-ring (bicyclic) bond motifs is 9. The van der Waals surface area contributed by atoms with Gasteiger partial charge in [-0.05, 0) is 122 Å². The first-order valence-corrected chi connectivity index (χ1v) is 22.1. The van der Waals surface area contributed by atoms with Gasteiger partial charge in [-0.15, -0.1) is 0 Å². The zero-order valence-electron chi connectivity index (χ0n) is 36.2. The second kappa shape index (κ2) is 16.4. The molecule has 0 saturated carbocycles. The van der Waals surface area contributed by atoms with E-state index >= 15 is 0 Å². The number of aromatic nitrogens is 2. The summed E-state index contributed by atoms with van der Waals surface area (Å²) in [5, 5.41) is 9.54. The van der Waals surface area contributed by atoms with Gasteiger partial charge in [-0.2, -0.15) is 0 Å². The molecule has 10 aromatic carbocycles. The molecule has 11 rings (SSSR count). The van der Waals surface area contributed by atoms with Gasteiger partial charge in [0.1, 0.15) is 0 Å². The highest BCUT2D eigenvalue weighted by Crippen LogP contribution is 2.39. The van der Waals surface area contributed by atoms with Crippen LogP contribution in [0.25, 0.3) is 104 Å². The van der Waals surface area contributed by atoms with E-state index in [-0.39, 0.29) is 0 Å². The third-order valence-electron chi connectivity index (χ3n) is 13.0. The number of hydrogen-bond donors (Lipinski definition) is 0. The van der Waals surface area contributed by atoms with Crippen LogP contribution in [0.1, 0.15) is 31.4 Å². The lowest BCUT2D eigenvalue weighted by molar-refractivity contribution is 1.11. The highest BCUT2D eigenvalue weighted by Gasteiger charge is 2.15. The summed E-state index contributed by atoms with van der Waals surface area (Å²) >= 11 is 0. The van der Waals surface area contributed by atoms with E-state index in [2.05, 4.69) is 221 Å². The van der Waals surface area contributed by atoms with Crippen LogP contribution < -0.4 is 0 Å². The molecule has 64 heavy (non-hydrogen) atoms. The standard InChI is InChI=1S/C61H45N3/c1-4-39(2)57(37-62-59-40(3)49-25-5-6-26-50(49)51-27-7-10-30-54(51)59)47-23-15-21-45(35-47)43-19-13-17-41(33-43)42-18-14-20-44(34-42)46-22-16-24-48(36-46)58-38-63-60-55-31-11-8-28-52(55)53-29-9-12-32-56(53)61(60)64-58/h5-38H,4H2,1-3H3/b57-39-,62-37?. The first-order chi connectivity index (χ1) is 31.5. The molecule has 0 bridgehead atoms. The second-order valence-electron chi connectivity index (χ2n) is 16.7. The van der Waals surface area contributed by atoms with Crippen LogP contribution in [0.5, 0.6) is 0 Å². The molecule has 1 heterocycles. The molecule has 0 fully saturated rings. The predicted molar refractivity (Wildman–Crippen MR) is 274 cm³/mol. The van der Waals surface area contributed by atoms with Crippen molar-refractivity contribution in [1.29, 1.82) is 0 Å². The molecule has 304 valence electrons. The van der Waals surface area contributed by atoms with Gasteiger partial charge in [-0.1, -0.05) is 182 Å². The monoisotopic (exact) mass is 819 g/mol. The summed E-state index contributed by atoms with van der Waals surface area (Å²) in [5.74, 6) is 0. The summed E-state index contributed by atoms with van der Waals surface area (Å²) in [5.41, 5.74) is 16.5. The van der Waals surface area contributed by atoms with Crippen molar-refractivity contribution in [3.63, 3.8) is 0 Å². The van der Waals surface area contributed by atoms with Crippen molar-refractivity contribution >= 4 is 71.6 Å². The smallest absolute Gasteiger partial charge is 0.0979 e. The van der Waals surface area contributed by atoms with Crippen LogP contribution in [0.4, 0.5) is 5.69 Å². The quantitative estimate of drug-likeness (QED) is 0.113. The minimum atomic E-state index is 0.858. The minimum Gasteiger partial charge on any atom is -0.255 e. The Kier molecular flexibility index (Phi) is 9.94. The Morgan fingerprint density at radius 2 is 0.875 bits per heavy atom. The summed E-state index contributed by atoms with van der Waals surface area (Å²) in [7, 11) is 0. The average molecular weight is 820 g/mol. The molecule has 0 aliphatic carbocycles. The molecule has 0 atom stereocenters. The van der Waals surface area contributed by atoms with Crippen molar-refractivity contribution in [1.82, 2.24) is 9.97 Å². The first kappa shape index (κ1) is 38.9. The number of allylic oxidation sites excluding steroid dienone is 2. The van der Waals surface area contributed by atoms with Crippen molar-refractivity contribution in [2.75, 3.05) is 0 Å². The molecule has 0 spiro atoms. The first-order valence-electron chi connectivity index (χ1n) is 22.1. The van der Waals surface area contributed by atoms with Gasteiger partial charge in [0, 0.05) is 27.9 Å². The molecule has 3 nitrogen and oxygen atoms in total. The van der Waals surface area contributed by atoms with E-state index in [1.165, 1.54) is 60.1 Å². The number of aliphatic imine (C=N–C) groups is 1. The van der Waals surface area contributed by atoms with Gasteiger partial charge < -0.3 is 0 Å². The fourth-order valence-corrected chi connectivity index (χ4v) is 9.46. The average Bonchev–Trinajstić information content (AvgIpc) is 3.37. The van der Waals surface area contributed by atoms with Crippen LogP contribution in [0, 0.1) is 6.92 Å². The molecular weight excluding hydrogens is 775 g/mol. The minimum absolute atomic E-state index is 0.858. The maximum Gasteiger partial charge on any atom is 0.0979 e. The third-order valence-corrected chi connectivity index (χ3v) is 13.0. The lowest BCUT2D eigenvalue weighted by Crippen LogP contribution is -1.93. The molecule has 0 N–H and O–H groups in total. The summed E-state index contributed by atoms with van der Waals surface area (Å²) in [4.78, 5) is 15.6.